The van der Waals surface area contributed by atoms with E-state index in [-0.39, 0.29) is 22.5 Å². The van der Waals surface area contributed by atoms with E-state index >= 15 is 0 Å². The lowest BCUT2D eigenvalue weighted by Gasteiger charge is -2.28. The summed E-state index contributed by atoms with van der Waals surface area (Å²) in [6, 6.07) is 3.30. The van der Waals surface area contributed by atoms with Crippen molar-refractivity contribution in [1.29, 1.82) is 0 Å². The average molecular weight is 280 g/mol. The number of rotatable bonds is 5. The number of carbonyl (C=O) groups is 2. The molecule has 20 heavy (non-hydrogen) atoms. The molecular weight excluding hydrogens is 260 g/mol. The lowest BCUT2D eigenvalue weighted by Crippen LogP contribution is -2.47. The summed E-state index contributed by atoms with van der Waals surface area (Å²) in [5, 5.41) is 23.7. The van der Waals surface area contributed by atoms with Gasteiger partial charge in [-0.3, -0.25) is 0 Å². The van der Waals surface area contributed by atoms with Crippen molar-refractivity contribution in [2.75, 3.05) is 5.32 Å². The SMILES string of the molecule is CCC(C)(CC)NC(=O)Nc1ccc(O)cc1C(=O)O. The second-order valence-electron chi connectivity index (χ2n) is 4.88. The first-order chi connectivity index (χ1) is 9.31. The molecule has 0 aliphatic heterocycles. The molecule has 2 amide bonds. The number of carboxylic acid groups (broad SMARTS) is 1. The third-order valence-electron chi connectivity index (χ3n) is 3.46. The van der Waals surface area contributed by atoms with E-state index < -0.39 is 12.0 Å². The minimum atomic E-state index is -1.22. The molecule has 0 radical (unpaired) electrons. The lowest BCUT2D eigenvalue weighted by atomic mass is 9.96. The highest BCUT2D eigenvalue weighted by atomic mass is 16.4. The Bertz CT molecular complexity index is 510. The Hall–Kier alpha value is -2.24. The van der Waals surface area contributed by atoms with Gasteiger partial charge in [0.15, 0.2) is 0 Å². The van der Waals surface area contributed by atoms with E-state index in [1.54, 1.807) is 0 Å². The van der Waals surface area contributed by atoms with Crippen molar-refractivity contribution in [3.05, 3.63) is 23.8 Å². The van der Waals surface area contributed by atoms with Gasteiger partial charge in [-0.2, -0.15) is 0 Å². The highest BCUT2D eigenvalue weighted by Crippen LogP contribution is 2.22. The maximum Gasteiger partial charge on any atom is 0.337 e. The van der Waals surface area contributed by atoms with Gasteiger partial charge in [0.1, 0.15) is 5.75 Å². The van der Waals surface area contributed by atoms with Gasteiger partial charge in [-0.25, -0.2) is 9.59 Å². The Morgan fingerprint density at radius 2 is 1.85 bits per heavy atom. The predicted octanol–water partition coefficient (Wildman–Crippen LogP) is 2.79. The zero-order chi connectivity index (χ0) is 15.3. The summed E-state index contributed by atoms with van der Waals surface area (Å²) in [5.41, 5.74) is -0.359. The highest BCUT2D eigenvalue weighted by Gasteiger charge is 2.22. The number of hydrogen-bond acceptors (Lipinski definition) is 3. The fourth-order valence-electron chi connectivity index (χ4n) is 1.67. The van der Waals surface area contributed by atoms with Gasteiger partial charge in [0.2, 0.25) is 0 Å². The molecule has 0 unspecified atom stereocenters. The van der Waals surface area contributed by atoms with Crippen molar-refractivity contribution in [1.82, 2.24) is 5.32 Å². The second kappa shape index (κ2) is 6.27. The van der Waals surface area contributed by atoms with Crippen molar-refractivity contribution in [3.63, 3.8) is 0 Å². The zero-order valence-electron chi connectivity index (χ0n) is 11.9. The van der Waals surface area contributed by atoms with Crippen LogP contribution in [-0.2, 0) is 0 Å². The molecule has 0 aliphatic carbocycles. The van der Waals surface area contributed by atoms with Crippen molar-refractivity contribution < 1.29 is 19.8 Å². The van der Waals surface area contributed by atoms with Crippen molar-refractivity contribution in [3.8, 4) is 5.75 Å². The Labute approximate surface area is 117 Å². The maximum atomic E-state index is 11.9. The molecule has 0 saturated carbocycles. The zero-order valence-corrected chi connectivity index (χ0v) is 11.9. The van der Waals surface area contributed by atoms with E-state index in [2.05, 4.69) is 10.6 Å². The van der Waals surface area contributed by atoms with E-state index in [4.69, 9.17) is 5.11 Å². The van der Waals surface area contributed by atoms with Crippen LogP contribution in [0.25, 0.3) is 0 Å². The van der Waals surface area contributed by atoms with E-state index in [0.29, 0.717) is 0 Å². The number of anilines is 1. The molecule has 6 nitrogen and oxygen atoms in total. The Morgan fingerprint density at radius 3 is 2.35 bits per heavy atom. The molecule has 0 fully saturated rings. The van der Waals surface area contributed by atoms with Gasteiger partial charge < -0.3 is 20.8 Å². The first-order valence-corrected chi connectivity index (χ1v) is 6.46. The summed E-state index contributed by atoms with van der Waals surface area (Å²) < 4.78 is 0. The van der Waals surface area contributed by atoms with E-state index in [0.717, 1.165) is 18.9 Å². The number of hydrogen-bond donors (Lipinski definition) is 4. The van der Waals surface area contributed by atoms with Crippen LogP contribution in [0.3, 0.4) is 0 Å². The number of aromatic carboxylic acids is 1. The molecule has 0 bridgehead atoms. The van der Waals surface area contributed by atoms with Gasteiger partial charge in [0, 0.05) is 5.54 Å². The van der Waals surface area contributed by atoms with Crippen molar-refractivity contribution >= 4 is 17.7 Å². The van der Waals surface area contributed by atoms with Crippen molar-refractivity contribution in [2.45, 2.75) is 39.2 Å². The van der Waals surface area contributed by atoms with E-state index in [9.17, 15) is 14.7 Å². The predicted molar refractivity (Wildman–Crippen MR) is 76.2 cm³/mol. The number of nitrogens with one attached hydrogen (secondary N) is 2. The molecule has 1 aromatic rings. The fourth-order valence-corrected chi connectivity index (χ4v) is 1.67. The number of phenols is 1. The van der Waals surface area contributed by atoms with Crippen LogP contribution in [0, 0.1) is 0 Å². The number of carboxylic acids is 1. The molecule has 0 saturated heterocycles. The Morgan fingerprint density at radius 1 is 1.25 bits per heavy atom. The first kappa shape index (κ1) is 15.8. The molecule has 1 aromatic carbocycles. The van der Waals surface area contributed by atoms with Crippen LogP contribution >= 0.6 is 0 Å². The number of phenolic OH excluding ortho intramolecular Hbond substituents is 1. The molecule has 4 N–H and O–H groups in total. The second-order valence-corrected chi connectivity index (χ2v) is 4.88. The first-order valence-electron chi connectivity index (χ1n) is 6.46. The van der Waals surface area contributed by atoms with Crippen LogP contribution in [-0.4, -0.2) is 27.8 Å². The number of benzene rings is 1. The van der Waals surface area contributed by atoms with E-state index in [1.807, 2.05) is 20.8 Å². The summed E-state index contributed by atoms with van der Waals surface area (Å²) in [7, 11) is 0. The smallest absolute Gasteiger partial charge is 0.337 e. The standard InChI is InChI=1S/C14H20N2O4/c1-4-14(3,5-2)16-13(20)15-11-7-6-9(17)8-10(11)12(18)19/h6-8,17H,4-5H2,1-3H3,(H,18,19)(H2,15,16,20). The summed E-state index contributed by atoms with van der Waals surface area (Å²) >= 11 is 0. The lowest BCUT2D eigenvalue weighted by molar-refractivity contribution is 0.0697. The Balaban J connectivity index is 2.89. The molecule has 110 valence electrons. The molecule has 0 atom stereocenters. The van der Waals surface area contributed by atoms with Gasteiger partial charge >= 0.3 is 12.0 Å². The fraction of sp³-hybridized carbons (Fsp3) is 0.429. The third kappa shape index (κ3) is 3.88. The van der Waals surface area contributed by atoms with Gasteiger partial charge in [0.05, 0.1) is 11.3 Å². The van der Waals surface area contributed by atoms with Gasteiger partial charge in [-0.1, -0.05) is 13.8 Å². The van der Waals surface area contributed by atoms with Crippen molar-refractivity contribution in [2.24, 2.45) is 0 Å². The quantitative estimate of drug-likeness (QED) is 0.623. The molecular formula is C14H20N2O4. The third-order valence-corrected chi connectivity index (χ3v) is 3.46. The van der Waals surface area contributed by atoms with Gasteiger partial charge in [-0.15, -0.1) is 0 Å². The maximum absolute atomic E-state index is 11.9. The average Bonchev–Trinajstić information content (AvgIpc) is 2.40. The summed E-state index contributed by atoms with van der Waals surface area (Å²) in [6.07, 6.45) is 1.52. The number of aromatic hydroxyl groups is 1. The summed E-state index contributed by atoms with van der Waals surface area (Å²) in [6.45, 7) is 5.85. The molecule has 6 heteroatoms. The minimum Gasteiger partial charge on any atom is -0.508 e. The molecule has 0 heterocycles. The molecule has 0 aliphatic rings. The van der Waals surface area contributed by atoms with Crippen LogP contribution in [0.15, 0.2) is 18.2 Å². The van der Waals surface area contributed by atoms with E-state index in [1.165, 1.54) is 12.1 Å². The number of urea groups is 1. The van der Waals surface area contributed by atoms with Gasteiger partial charge in [0.25, 0.3) is 0 Å². The molecule has 1 rings (SSSR count). The minimum absolute atomic E-state index is 0.141. The normalized spacial score (nSPS) is 10.9. The topological polar surface area (TPSA) is 98.7 Å². The van der Waals surface area contributed by atoms with Crippen LogP contribution in [0.5, 0.6) is 5.75 Å². The van der Waals surface area contributed by atoms with Crippen LogP contribution in [0.2, 0.25) is 0 Å². The molecule has 0 spiro atoms. The highest BCUT2D eigenvalue weighted by molar-refractivity contribution is 6.00. The van der Waals surface area contributed by atoms with Crippen LogP contribution in [0.1, 0.15) is 44.0 Å². The van der Waals surface area contributed by atoms with Crippen LogP contribution in [0.4, 0.5) is 10.5 Å². The summed E-state index contributed by atoms with van der Waals surface area (Å²) in [5.74, 6) is -1.38. The largest absolute Gasteiger partial charge is 0.508 e. The number of carbonyl (C=O) groups excluding carboxylic acids is 1. The van der Waals surface area contributed by atoms with Gasteiger partial charge in [-0.05, 0) is 38.0 Å². The Kier molecular flexibility index (Phi) is 4.96. The summed E-state index contributed by atoms with van der Waals surface area (Å²) in [4.78, 5) is 23.0. The van der Waals surface area contributed by atoms with Crippen LogP contribution < -0.4 is 10.6 Å². The number of amides is 2. The molecule has 0 aromatic heterocycles. The monoisotopic (exact) mass is 280 g/mol.